The fraction of sp³-hybridized carbons (Fsp3) is 0.952. The molecule has 2 aliphatic heterocycles. The summed E-state index contributed by atoms with van der Waals surface area (Å²) < 4.78 is 23.2. The van der Waals surface area contributed by atoms with E-state index in [9.17, 15) is 30.3 Å². The first-order chi connectivity index (χ1) is 17.5. The Bertz CT molecular complexity index is 740. The molecule has 0 bridgehead atoms. The molecule has 1 saturated carbocycles. The smallest absolute Gasteiger partial charge is 0.250 e. The molecule has 37 heavy (non-hydrogen) atoms. The summed E-state index contributed by atoms with van der Waals surface area (Å²) in [6.07, 6.45) is -11.0. The Hall–Kier alpha value is -1.09. The van der Waals surface area contributed by atoms with Crippen molar-refractivity contribution < 1.29 is 49.3 Å². The third-order valence-electron chi connectivity index (χ3n) is 7.15. The van der Waals surface area contributed by atoms with Gasteiger partial charge in [0.15, 0.2) is 12.6 Å². The zero-order chi connectivity index (χ0) is 27.4. The molecule has 1 amide bonds. The van der Waals surface area contributed by atoms with Crippen LogP contribution in [0.2, 0.25) is 0 Å². The number of aliphatic hydroxyl groups is 5. The summed E-state index contributed by atoms with van der Waals surface area (Å²) in [5.74, 6) is -0.825. The third-order valence-corrected chi connectivity index (χ3v) is 7.15. The second-order valence-electron chi connectivity index (χ2n) is 9.85. The van der Waals surface area contributed by atoms with Gasteiger partial charge in [-0.15, -0.1) is 0 Å². The second-order valence-corrected chi connectivity index (χ2v) is 9.85. The van der Waals surface area contributed by atoms with Crippen molar-refractivity contribution in [2.24, 2.45) is 28.7 Å². The maximum absolute atomic E-state index is 12.4. The summed E-state index contributed by atoms with van der Waals surface area (Å²) in [6.45, 7) is -0.712. The number of amides is 1. The highest BCUT2D eigenvalue weighted by Gasteiger charge is 2.51. The molecule has 0 unspecified atom stereocenters. The molecule has 16 heteroatoms. The summed E-state index contributed by atoms with van der Waals surface area (Å²) in [5, 5.41) is 53.9. The maximum Gasteiger partial charge on any atom is 0.250 e. The molecule has 3 aliphatic rings. The van der Waals surface area contributed by atoms with Crippen LogP contribution in [0.25, 0.3) is 0 Å². The first-order valence-electron chi connectivity index (χ1n) is 12.4. The molecule has 16 nitrogen and oxygen atoms in total. The molecule has 0 radical (unpaired) electrons. The van der Waals surface area contributed by atoms with Crippen LogP contribution in [0, 0.1) is 0 Å². The number of hydrogen-bond donors (Lipinski definition) is 11. The molecule has 0 aromatic carbocycles. The molecular formula is C21H42N6O10. The molecular weight excluding hydrogens is 496 g/mol. The van der Waals surface area contributed by atoms with Crippen molar-refractivity contribution >= 4 is 5.91 Å². The highest BCUT2D eigenvalue weighted by molar-refractivity contribution is 5.81. The monoisotopic (exact) mass is 538 g/mol. The summed E-state index contributed by atoms with van der Waals surface area (Å²) in [4.78, 5) is 12.4. The number of hydrogen-bond acceptors (Lipinski definition) is 15. The summed E-state index contributed by atoms with van der Waals surface area (Å²) in [5.41, 5.74) is 29.4. The standard InChI is InChI=1S/C21H42N6O10/c22-4-7-1-2-8(24)20(34-7)36-17-9(25)3-10(27-19(33)11(29)5-23)18(16(17)32)37-21-15(31)13(26)14(30)12(6-28)35-21/h7-18,20-21,28-32H,1-6,22-26H2,(H,27,33)/t7-,8+,9-,10+,11-,12+,13-,14-,15+,16+,17+,18-,20+,21+/m0/s1. The molecule has 216 valence electrons. The van der Waals surface area contributed by atoms with E-state index in [0.29, 0.717) is 12.8 Å². The molecule has 0 aromatic heterocycles. The molecule has 1 aliphatic carbocycles. The van der Waals surface area contributed by atoms with Crippen LogP contribution in [-0.4, -0.2) is 137 Å². The zero-order valence-electron chi connectivity index (χ0n) is 20.5. The lowest BCUT2D eigenvalue weighted by Crippen LogP contribution is -2.69. The Labute approximate surface area is 214 Å². The maximum atomic E-state index is 12.4. The normalized spacial score (nSPS) is 45.8. The Morgan fingerprint density at radius 2 is 1.62 bits per heavy atom. The fourth-order valence-corrected chi connectivity index (χ4v) is 4.84. The molecule has 0 aromatic rings. The molecule has 3 rings (SSSR count). The van der Waals surface area contributed by atoms with E-state index in [-0.39, 0.29) is 25.6 Å². The van der Waals surface area contributed by atoms with Gasteiger partial charge in [-0.2, -0.15) is 0 Å². The molecule has 2 saturated heterocycles. The molecule has 2 heterocycles. The van der Waals surface area contributed by atoms with Gasteiger partial charge < -0.3 is 78.5 Å². The van der Waals surface area contributed by atoms with Gasteiger partial charge in [-0.3, -0.25) is 4.79 Å². The van der Waals surface area contributed by atoms with Crippen LogP contribution in [0.4, 0.5) is 0 Å². The minimum atomic E-state index is -1.55. The highest BCUT2D eigenvalue weighted by Crippen LogP contribution is 2.31. The SMILES string of the molecule is NC[C@@H]1CC[C@@H](N)[C@@H](O[C@H]2[C@@H](O)[C@@H](O[C@H]3O[C@H](CO)[C@H](O)[C@H](N)[C@H]3O)[C@H](NC(=O)[C@@H](O)CN)C[C@@H]2N)O1. The quantitative estimate of drug-likeness (QED) is 0.130. The number of carbonyl (C=O) groups is 1. The van der Waals surface area contributed by atoms with Crippen molar-refractivity contribution in [2.75, 3.05) is 19.7 Å². The van der Waals surface area contributed by atoms with Crippen LogP contribution < -0.4 is 34.0 Å². The molecule has 14 atom stereocenters. The number of nitrogens with one attached hydrogen (secondary N) is 1. The third kappa shape index (κ3) is 6.92. The van der Waals surface area contributed by atoms with Gasteiger partial charge in [-0.05, 0) is 19.3 Å². The lowest BCUT2D eigenvalue weighted by molar-refractivity contribution is -0.314. The largest absolute Gasteiger partial charge is 0.394 e. The first kappa shape index (κ1) is 30.5. The van der Waals surface area contributed by atoms with Crippen molar-refractivity contribution in [2.45, 2.75) is 105 Å². The fourth-order valence-electron chi connectivity index (χ4n) is 4.84. The van der Waals surface area contributed by atoms with Gasteiger partial charge >= 0.3 is 0 Å². The Kier molecular flexibility index (Phi) is 11.0. The van der Waals surface area contributed by atoms with Crippen molar-refractivity contribution in [1.29, 1.82) is 0 Å². The molecule has 0 spiro atoms. The van der Waals surface area contributed by atoms with Crippen LogP contribution in [0.5, 0.6) is 0 Å². The van der Waals surface area contributed by atoms with E-state index in [1.54, 1.807) is 0 Å². The number of ether oxygens (including phenoxy) is 4. The first-order valence-corrected chi connectivity index (χ1v) is 12.4. The van der Waals surface area contributed by atoms with Crippen molar-refractivity contribution in [3.05, 3.63) is 0 Å². The molecule has 16 N–H and O–H groups in total. The summed E-state index contributed by atoms with van der Waals surface area (Å²) >= 11 is 0. The van der Waals surface area contributed by atoms with Crippen LogP contribution in [0.15, 0.2) is 0 Å². The van der Waals surface area contributed by atoms with Crippen molar-refractivity contribution in [3.63, 3.8) is 0 Å². The van der Waals surface area contributed by atoms with Gasteiger partial charge in [0.2, 0.25) is 5.91 Å². The van der Waals surface area contributed by atoms with Gasteiger partial charge in [-0.25, -0.2) is 0 Å². The van der Waals surface area contributed by atoms with E-state index >= 15 is 0 Å². The van der Waals surface area contributed by atoms with Gasteiger partial charge in [0.1, 0.15) is 42.7 Å². The predicted octanol–water partition coefficient (Wildman–Crippen LogP) is -6.79. The van der Waals surface area contributed by atoms with E-state index in [4.69, 9.17) is 47.6 Å². The number of nitrogens with two attached hydrogens (primary N) is 5. The van der Waals surface area contributed by atoms with Crippen LogP contribution in [-0.2, 0) is 23.7 Å². The van der Waals surface area contributed by atoms with Gasteiger partial charge in [-0.1, -0.05) is 0 Å². The van der Waals surface area contributed by atoms with Crippen LogP contribution >= 0.6 is 0 Å². The number of rotatable bonds is 9. The summed E-state index contributed by atoms with van der Waals surface area (Å²) in [7, 11) is 0. The number of carbonyl (C=O) groups excluding carboxylic acids is 1. The predicted molar refractivity (Wildman–Crippen MR) is 126 cm³/mol. The second kappa shape index (κ2) is 13.3. The average Bonchev–Trinajstić information content (AvgIpc) is 2.88. The highest BCUT2D eigenvalue weighted by atomic mass is 16.7. The van der Waals surface area contributed by atoms with Gasteiger partial charge in [0, 0.05) is 19.1 Å². The minimum Gasteiger partial charge on any atom is -0.394 e. The Morgan fingerprint density at radius 3 is 2.24 bits per heavy atom. The summed E-state index contributed by atoms with van der Waals surface area (Å²) in [6, 6.07) is -3.56. The van der Waals surface area contributed by atoms with Crippen LogP contribution in [0.1, 0.15) is 19.3 Å². The minimum absolute atomic E-state index is 0.0125. The van der Waals surface area contributed by atoms with Gasteiger partial charge in [0.25, 0.3) is 0 Å². The zero-order valence-corrected chi connectivity index (χ0v) is 20.5. The van der Waals surface area contributed by atoms with E-state index in [1.165, 1.54) is 0 Å². The topological polar surface area (TPSA) is 297 Å². The molecule has 3 fully saturated rings. The van der Waals surface area contributed by atoms with E-state index < -0.39 is 92.0 Å². The average molecular weight is 539 g/mol. The van der Waals surface area contributed by atoms with Gasteiger partial charge in [0.05, 0.1) is 30.8 Å². The van der Waals surface area contributed by atoms with Crippen LogP contribution in [0.3, 0.4) is 0 Å². The van der Waals surface area contributed by atoms with Crippen molar-refractivity contribution in [1.82, 2.24) is 5.32 Å². The lowest BCUT2D eigenvalue weighted by Gasteiger charge is -2.48. The Balaban J connectivity index is 1.82. The van der Waals surface area contributed by atoms with E-state index in [0.717, 1.165) is 0 Å². The van der Waals surface area contributed by atoms with E-state index in [2.05, 4.69) is 5.32 Å². The number of aliphatic hydroxyl groups excluding tert-OH is 5. The van der Waals surface area contributed by atoms with Crippen molar-refractivity contribution in [3.8, 4) is 0 Å². The van der Waals surface area contributed by atoms with E-state index in [1.807, 2.05) is 0 Å². The Morgan fingerprint density at radius 1 is 0.946 bits per heavy atom. The lowest BCUT2D eigenvalue weighted by atomic mass is 9.83.